The zero-order valence-electron chi connectivity index (χ0n) is 11.6. The van der Waals surface area contributed by atoms with Crippen LogP contribution in [0.1, 0.15) is 38.3 Å². The Morgan fingerprint density at radius 1 is 1.39 bits per heavy atom. The van der Waals surface area contributed by atoms with Crippen molar-refractivity contribution in [1.82, 2.24) is 0 Å². The predicted octanol–water partition coefficient (Wildman–Crippen LogP) is 3.01. The number of carbonyl (C=O) groups excluding carboxylic acids is 1. The SMILES string of the molecule is Cc1ccc(F)cc1CC(=O)CC(N)C(C)(C)C. The van der Waals surface area contributed by atoms with Crippen LogP contribution in [0.2, 0.25) is 0 Å². The summed E-state index contributed by atoms with van der Waals surface area (Å²) in [5, 5.41) is 0. The van der Waals surface area contributed by atoms with Crippen molar-refractivity contribution in [3.05, 3.63) is 35.1 Å². The molecule has 0 aliphatic rings. The van der Waals surface area contributed by atoms with Crippen LogP contribution in [0.15, 0.2) is 18.2 Å². The summed E-state index contributed by atoms with van der Waals surface area (Å²) in [6, 6.07) is 4.36. The third-order valence-corrected chi connectivity index (χ3v) is 3.26. The Morgan fingerprint density at radius 2 is 2.00 bits per heavy atom. The number of carbonyl (C=O) groups is 1. The van der Waals surface area contributed by atoms with Gasteiger partial charge in [0.2, 0.25) is 0 Å². The fraction of sp³-hybridized carbons (Fsp3) is 0.533. The zero-order chi connectivity index (χ0) is 13.9. The van der Waals surface area contributed by atoms with Crippen LogP contribution in [0.4, 0.5) is 4.39 Å². The molecule has 100 valence electrons. The average Bonchev–Trinajstić information content (AvgIpc) is 2.22. The maximum Gasteiger partial charge on any atom is 0.138 e. The number of hydrogen-bond donors (Lipinski definition) is 1. The Kier molecular flexibility index (Phi) is 4.63. The van der Waals surface area contributed by atoms with Crippen LogP contribution in [0.5, 0.6) is 0 Å². The minimum atomic E-state index is -0.302. The van der Waals surface area contributed by atoms with Gasteiger partial charge in [0, 0.05) is 18.9 Å². The van der Waals surface area contributed by atoms with Crippen molar-refractivity contribution in [2.75, 3.05) is 0 Å². The zero-order valence-corrected chi connectivity index (χ0v) is 11.6. The second kappa shape index (κ2) is 5.61. The van der Waals surface area contributed by atoms with E-state index in [1.165, 1.54) is 12.1 Å². The summed E-state index contributed by atoms with van der Waals surface area (Å²) in [6.45, 7) is 7.92. The second-order valence-corrected chi connectivity index (χ2v) is 5.96. The van der Waals surface area contributed by atoms with Crippen molar-refractivity contribution in [2.45, 2.75) is 46.6 Å². The van der Waals surface area contributed by atoms with Gasteiger partial charge in [0.1, 0.15) is 11.6 Å². The molecule has 0 radical (unpaired) electrons. The van der Waals surface area contributed by atoms with E-state index in [2.05, 4.69) is 0 Å². The summed E-state index contributed by atoms with van der Waals surface area (Å²) in [5.74, 6) is -0.241. The highest BCUT2D eigenvalue weighted by Gasteiger charge is 2.23. The molecule has 3 heteroatoms. The van der Waals surface area contributed by atoms with Crippen LogP contribution in [-0.2, 0) is 11.2 Å². The molecule has 0 aliphatic heterocycles. The van der Waals surface area contributed by atoms with Crippen LogP contribution in [0.25, 0.3) is 0 Å². The first kappa shape index (κ1) is 14.8. The highest BCUT2D eigenvalue weighted by Crippen LogP contribution is 2.21. The van der Waals surface area contributed by atoms with Crippen LogP contribution in [0, 0.1) is 18.2 Å². The molecule has 0 heterocycles. The maximum absolute atomic E-state index is 13.1. The van der Waals surface area contributed by atoms with Gasteiger partial charge in [-0.1, -0.05) is 26.8 Å². The summed E-state index contributed by atoms with van der Waals surface area (Å²) >= 11 is 0. The number of aryl methyl sites for hydroxylation is 1. The Balaban J connectivity index is 2.68. The van der Waals surface area contributed by atoms with Crippen molar-refractivity contribution in [3.63, 3.8) is 0 Å². The molecule has 18 heavy (non-hydrogen) atoms. The van der Waals surface area contributed by atoms with E-state index in [0.29, 0.717) is 6.42 Å². The Labute approximate surface area is 108 Å². The monoisotopic (exact) mass is 251 g/mol. The minimum Gasteiger partial charge on any atom is -0.327 e. The van der Waals surface area contributed by atoms with Gasteiger partial charge in [0.05, 0.1) is 0 Å². The smallest absolute Gasteiger partial charge is 0.138 e. The van der Waals surface area contributed by atoms with Crippen LogP contribution >= 0.6 is 0 Å². The number of ketones is 1. The maximum atomic E-state index is 13.1. The third-order valence-electron chi connectivity index (χ3n) is 3.26. The van der Waals surface area contributed by atoms with Crippen molar-refractivity contribution in [1.29, 1.82) is 0 Å². The molecule has 2 N–H and O–H groups in total. The Hall–Kier alpha value is -1.22. The fourth-order valence-corrected chi connectivity index (χ4v) is 1.67. The molecular weight excluding hydrogens is 229 g/mol. The van der Waals surface area contributed by atoms with Crippen molar-refractivity contribution in [2.24, 2.45) is 11.1 Å². The third kappa shape index (κ3) is 4.22. The van der Waals surface area contributed by atoms with Gasteiger partial charge in [-0.15, -0.1) is 0 Å². The van der Waals surface area contributed by atoms with E-state index in [1.807, 2.05) is 27.7 Å². The van der Waals surface area contributed by atoms with E-state index in [9.17, 15) is 9.18 Å². The van der Waals surface area contributed by atoms with Crippen molar-refractivity contribution < 1.29 is 9.18 Å². The number of nitrogens with two attached hydrogens (primary N) is 1. The number of hydrogen-bond acceptors (Lipinski definition) is 2. The van der Waals surface area contributed by atoms with Gasteiger partial charge in [-0.2, -0.15) is 0 Å². The van der Waals surface area contributed by atoms with E-state index in [-0.39, 0.29) is 29.5 Å². The van der Waals surface area contributed by atoms with Gasteiger partial charge in [-0.25, -0.2) is 4.39 Å². The highest BCUT2D eigenvalue weighted by atomic mass is 19.1. The molecule has 0 bridgehead atoms. The van der Waals surface area contributed by atoms with Crippen LogP contribution < -0.4 is 5.73 Å². The quantitative estimate of drug-likeness (QED) is 0.894. The molecule has 1 atom stereocenters. The van der Waals surface area contributed by atoms with Gasteiger partial charge >= 0.3 is 0 Å². The average molecular weight is 251 g/mol. The van der Waals surface area contributed by atoms with Gasteiger partial charge < -0.3 is 5.73 Å². The summed E-state index contributed by atoms with van der Waals surface area (Å²) in [4.78, 5) is 11.9. The van der Waals surface area contributed by atoms with Crippen molar-refractivity contribution in [3.8, 4) is 0 Å². The molecule has 0 aromatic heterocycles. The van der Waals surface area contributed by atoms with Gasteiger partial charge in [-0.05, 0) is 35.6 Å². The first-order valence-corrected chi connectivity index (χ1v) is 6.22. The summed E-state index contributed by atoms with van der Waals surface area (Å²) < 4.78 is 13.1. The molecule has 1 aromatic rings. The Morgan fingerprint density at radius 3 is 2.56 bits per heavy atom. The standard InChI is InChI=1S/C15H22FNO/c1-10-5-6-12(16)7-11(10)8-13(18)9-14(17)15(2,3)4/h5-7,14H,8-9,17H2,1-4H3. The topological polar surface area (TPSA) is 43.1 Å². The lowest BCUT2D eigenvalue weighted by molar-refractivity contribution is -0.119. The molecule has 0 saturated heterocycles. The number of rotatable bonds is 4. The largest absolute Gasteiger partial charge is 0.327 e. The number of Topliss-reactive ketones (excluding diaryl/α,β-unsaturated/α-hetero) is 1. The van der Waals surface area contributed by atoms with Gasteiger partial charge in [-0.3, -0.25) is 4.79 Å². The van der Waals surface area contributed by atoms with Gasteiger partial charge in [0.15, 0.2) is 0 Å². The highest BCUT2D eigenvalue weighted by molar-refractivity contribution is 5.81. The molecule has 0 fully saturated rings. The molecule has 1 unspecified atom stereocenters. The number of benzene rings is 1. The van der Waals surface area contributed by atoms with Gasteiger partial charge in [0.25, 0.3) is 0 Å². The van der Waals surface area contributed by atoms with Crippen LogP contribution in [-0.4, -0.2) is 11.8 Å². The van der Waals surface area contributed by atoms with Crippen molar-refractivity contribution >= 4 is 5.78 Å². The second-order valence-electron chi connectivity index (χ2n) is 5.96. The van der Waals surface area contributed by atoms with E-state index in [4.69, 9.17) is 5.73 Å². The molecule has 0 spiro atoms. The molecule has 0 saturated carbocycles. The molecular formula is C15H22FNO. The first-order chi connectivity index (χ1) is 8.20. The Bertz CT molecular complexity index is 435. The fourth-order valence-electron chi connectivity index (χ4n) is 1.67. The van der Waals surface area contributed by atoms with E-state index in [0.717, 1.165) is 11.1 Å². The molecule has 2 nitrogen and oxygen atoms in total. The summed E-state index contributed by atoms with van der Waals surface area (Å²) in [5.41, 5.74) is 7.58. The van der Waals surface area contributed by atoms with E-state index in [1.54, 1.807) is 6.07 Å². The lowest BCUT2D eigenvalue weighted by atomic mass is 9.83. The lowest BCUT2D eigenvalue weighted by Crippen LogP contribution is -2.37. The predicted molar refractivity (Wildman–Crippen MR) is 71.9 cm³/mol. The molecule has 1 rings (SSSR count). The minimum absolute atomic E-state index is 0.0612. The van der Waals surface area contributed by atoms with E-state index >= 15 is 0 Å². The number of halogens is 1. The first-order valence-electron chi connectivity index (χ1n) is 6.22. The summed E-state index contributed by atoms with van der Waals surface area (Å²) in [7, 11) is 0. The molecule has 0 amide bonds. The molecule has 1 aromatic carbocycles. The van der Waals surface area contributed by atoms with Crippen LogP contribution in [0.3, 0.4) is 0 Å². The van der Waals surface area contributed by atoms with E-state index < -0.39 is 0 Å². The normalized spacial score (nSPS) is 13.4. The lowest BCUT2D eigenvalue weighted by Gasteiger charge is -2.26. The molecule has 0 aliphatic carbocycles. The summed E-state index contributed by atoms with van der Waals surface area (Å²) in [6.07, 6.45) is 0.590.